The Morgan fingerprint density at radius 3 is 2.42 bits per heavy atom. The molecule has 0 radical (unpaired) electrons. The molecule has 0 spiro atoms. The number of ether oxygens (including phenoxy) is 1. The first-order valence-electron chi connectivity index (χ1n) is 8.89. The van der Waals surface area contributed by atoms with E-state index in [2.05, 4.69) is 18.2 Å². The molecule has 26 heavy (non-hydrogen) atoms. The fraction of sp³-hybridized carbons (Fsp3) is 0.217. The first-order valence-corrected chi connectivity index (χ1v) is 8.89. The fourth-order valence-electron chi connectivity index (χ4n) is 3.61. The number of aliphatic hydroxyl groups excluding tert-OH is 1. The van der Waals surface area contributed by atoms with Crippen LogP contribution in [-0.2, 0) is 26.1 Å². The Kier molecular flexibility index (Phi) is 4.48. The number of hydrogen-bond acceptors (Lipinski definition) is 2. The highest BCUT2D eigenvalue weighted by molar-refractivity contribution is 5.76. The van der Waals surface area contributed by atoms with E-state index in [0.29, 0.717) is 12.2 Å². The average molecular weight is 348 g/mol. The lowest BCUT2D eigenvalue weighted by atomic mass is 9.79. The van der Waals surface area contributed by atoms with Crippen LogP contribution in [0.5, 0.6) is 5.75 Å². The van der Waals surface area contributed by atoms with Crippen LogP contribution in [0.1, 0.15) is 27.8 Å². The van der Waals surface area contributed by atoms with Gasteiger partial charge in [-0.05, 0) is 65.3 Å². The summed E-state index contributed by atoms with van der Waals surface area (Å²) in [7, 11) is 0. The van der Waals surface area contributed by atoms with E-state index in [-0.39, 0.29) is 12.4 Å². The number of aliphatic hydroxyl groups is 1. The van der Waals surface area contributed by atoms with Gasteiger partial charge in [-0.3, -0.25) is 0 Å². The van der Waals surface area contributed by atoms with Crippen molar-refractivity contribution in [3.8, 4) is 16.9 Å². The molecule has 0 aromatic heterocycles. The maximum Gasteiger partial charge on any atom is 0.129 e. The second kappa shape index (κ2) is 6.93. The highest BCUT2D eigenvalue weighted by Crippen LogP contribution is 2.42. The maximum atomic E-state index is 14.1. The summed E-state index contributed by atoms with van der Waals surface area (Å²) in [5.41, 5.74) is 7.00. The fourth-order valence-corrected chi connectivity index (χ4v) is 3.61. The zero-order valence-electron chi connectivity index (χ0n) is 14.8. The monoisotopic (exact) mass is 348 g/mol. The number of fused-ring (bicyclic) bond motifs is 1. The summed E-state index contributed by atoms with van der Waals surface area (Å²) in [6.45, 7) is 2.31. The van der Waals surface area contributed by atoms with Crippen molar-refractivity contribution >= 4 is 0 Å². The molecule has 3 aromatic rings. The molecule has 3 heteroatoms. The molecule has 0 unspecified atom stereocenters. The Hall–Kier alpha value is -2.65. The molecule has 0 saturated carbocycles. The summed E-state index contributed by atoms with van der Waals surface area (Å²) >= 11 is 0. The molecule has 0 heterocycles. The largest absolute Gasteiger partial charge is 0.489 e. The molecule has 0 saturated heterocycles. The van der Waals surface area contributed by atoms with Gasteiger partial charge in [0.05, 0.1) is 6.61 Å². The average Bonchev–Trinajstić information content (AvgIpc) is 2.63. The van der Waals surface area contributed by atoms with Gasteiger partial charge in [0.2, 0.25) is 0 Å². The van der Waals surface area contributed by atoms with Crippen LogP contribution in [0.4, 0.5) is 4.39 Å². The van der Waals surface area contributed by atoms with Gasteiger partial charge < -0.3 is 9.84 Å². The standard InChI is InChI=1S/C23H21FO2/c1-15-11-22(26-14-16-5-3-2-4-6-16)19-9-10-20(19)23(15)17-7-8-18(13-25)21(24)12-17/h2-8,11-12,25H,9-10,13-14H2,1H3. The van der Waals surface area contributed by atoms with Crippen molar-refractivity contribution in [2.45, 2.75) is 33.0 Å². The molecule has 2 nitrogen and oxygen atoms in total. The third-order valence-corrected chi connectivity index (χ3v) is 5.08. The minimum atomic E-state index is -0.359. The van der Waals surface area contributed by atoms with E-state index in [9.17, 15) is 9.50 Å². The van der Waals surface area contributed by atoms with E-state index in [1.165, 1.54) is 17.2 Å². The SMILES string of the molecule is Cc1cc(OCc2ccccc2)c2c(c1-c1ccc(CO)c(F)c1)CC2. The molecule has 0 atom stereocenters. The molecule has 1 N–H and O–H groups in total. The van der Waals surface area contributed by atoms with Crippen molar-refractivity contribution in [3.05, 3.63) is 88.2 Å². The van der Waals surface area contributed by atoms with E-state index in [1.54, 1.807) is 6.07 Å². The number of rotatable bonds is 5. The topological polar surface area (TPSA) is 29.5 Å². The van der Waals surface area contributed by atoms with Gasteiger partial charge in [0.25, 0.3) is 0 Å². The van der Waals surface area contributed by atoms with Crippen molar-refractivity contribution in [2.24, 2.45) is 0 Å². The van der Waals surface area contributed by atoms with Crippen LogP contribution in [0.25, 0.3) is 11.1 Å². The van der Waals surface area contributed by atoms with E-state index in [4.69, 9.17) is 4.74 Å². The Labute approximate surface area is 152 Å². The predicted octanol–water partition coefficient (Wildman–Crippen LogP) is 4.97. The molecule has 132 valence electrons. The molecule has 1 aliphatic rings. The van der Waals surface area contributed by atoms with Gasteiger partial charge in [0, 0.05) is 5.56 Å². The van der Waals surface area contributed by atoms with Crippen LogP contribution in [0.2, 0.25) is 0 Å². The second-order valence-electron chi connectivity index (χ2n) is 6.76. The zero-order valence-corrected chi connectivity index (χ0v) is 14.8. The van der Waals surface area contributed by atoms with Crippen molar-refractivity contribution < 1.29 is 14.2 Å². The molecule has 0 amide bonds. The van der Waals surface area contributed by atoms with Gasteiger partial charge in [-0.25, -0.2) is 4.39 Å². The Balaban J connectivity index is 1.66. The third kappa shape index (κ3) is 2.99. The Morgan fingerprint density at radius 1 is 1.00 bits per heavy atom. The minimum Gasteiger partial charge on any atom is -0.489 e. The molecule has 4 rings (SSSR count). The van der Waals surface area contributed by atoms with Gasteiger partial charge in [-0.2, -0.15) is 0 Å². The molecular formula is C23H21FO2. The third-order valence-electron chi connectivity index (χ3n) is 5.08. The van der Waals surface area contributed by atoms with Crippen molar-refractivity contribution in [1.82, 2.24) is 0 Å². The van der Waals surface area contributed by atoms with E-state index in [1.807, 2.05) is 31.2 Å². The van der Waals surface area contributed by atoms with Crippen molar-refractivity contribution in [2.75, 3.05) is 0 Å². The highest BCUT2D eigenvalue weighted by Gasteiger charge is 2.25. The minimum absolute atomic E-state index is 0.282. The predicted molar refractivity (Wildman–Crippen MR) is 101 cm³/mol. The lowest BCUT2D eigenvalue weighted by Gasteiger charge is -2.28. The van der Waals surface area contributed by atoms with E-state index < -0.39 is 0 Å². The quantitative estimate of drug-likeness (QED) is 0.705. The lowest BCUT2D eigenvalue weighted by Crippen LogP contribution is -2.14. The van der Waals surface area contributed by atoms with Gasteiger partial charge in [0.15, 0.2) is 0 Å². The normalized spacial score (nSPS) is 12.4. The van der Waals surface area contributed by atoms with E-state index >= 15 is 0 Å². The summed E-state index contributed by atoms with van der Waals surface area (Å²) in [6, 6.07) is 17.3. The molecule has 0 aliphatic heterocycles. The molecule has 0 bridgehead atoms. The smallest absolute Gasteiger partial charge is 0.129 e. The Morgan fingerprint density at radius 2 is 1.77 bits per heavy atom. The maximum absolute atomic E-state index is 14.1. The van der Waals surface area contributed by atoms with Gasteiger partial charge in [0.1, 0.15) is 18.2 Å². The second-order valence-corrected chi connectivity index (χ2v) is 6.76. The first kappa shape index (κ1) is 16.8. The summed E-state index contributed by atoms with van der Waals surface area (Å²) in [6.07, 6.45) is 1.97. The van der Waals surface area contributed by atoms with E-state index in [0.717, 1.165) is 40.8 Å². The summed E-state index contributed by atoms with van der Waals surface area (Å²) in [4.78, 5) is 0. The van der Waals surface area contributed by atoms with Crippen LogP contribution >= 0.6 is 0 Å². The molecular weight excluding hydrogens is 327 g/mol. The summed E-state index contributed by atoms with van der Waals surface area (Å²) in [5.74, 6) is 0.575. The number of benzene rings is 3. The number of halogens is 1. The van der Waals surface area contributed by atoms with Crippen molar-refractivity contribution in [3.63, 3.8) is 0 Å². The molecule has 0 fully saturated rings. The number of hydrogen-bond donors (Lipinski definition) is 1. The van der Waals surface area contributed by atoms with Crippen LogP contribution in [0, 0.1) is 12.7 Å². The van der Waals surface area contributed by atoms with Crippen LogP contribution < -0.4 is 4.74 Å². The zero-order chi connectivity index (χ0) is 18.1. The highest BCUT2D eigenvalue weighted by atomic mass is 19.1. The first-order chi connectivity index (χ1) is 12.7. The van der Waals surface area contributed by atoms with Crippen molar-refractivity contribution in [1.29, 1.82) is 0 Å². The molecule has 1 aliphatic carbocycles. The molecule has 3 aromatic carbocycles. The van der Waals surface area contributed by atoms with Crippen LogP contribution in [-0.4, -0.2) is 5.11 Å². The van der Waals surface area contributed by atoms with Gasteiger partial charge >= 0.3 is 0 Å². The van der Waals surface area contributed by atoms with Crippen LogP contribution in [0.15, 0.2) is 54.6 Å². The van der Waals surface area contributed by atoms with Gasteiger partial charge in [-0.1, -0.05) is 42.5 Å². The Bertz CT molecular complexity index is 948. The number of aryl methyl sites for hydroxylation is 1. The summed E-state index contributed by atoms with van der Waals surface area (Å²) in [5, 5.41) is 9.18. The lowest BCUT2D eigenvalue weighted by molar-refractivity contribution is 0.276. The van der Waals surface area contributed by atoms with Gasteiger partial charge in [-0.15, -0.1) is 0 Å². The summed E-state index contributed by atoms with van der Waals surface area (Å²) < 4.78 is 20.2. The van der Waals surface area contributed by atoms with Crippen LogP contribution in [0.3, 0.4) is 0 Å².